The second-order valence-electron chi connectivity index (χ2n) is 2.06. The molecule has 0 radical (unpaired) electrons. The molecule has 3 heteroatoms. The number of hydrogen-bond acceptors (Lipinski definition) is 3. The molecule has 0 spiro atoms. The van der Waals surface area contributed by atoms with E-state index >= 15 is 0 Å². The smallest absolute Gasteiger partial charge is 0.0797 e. The maximum atomic E-state index is 7.23. The van der Waals surface area contributed by atoms with Crippen molar-refractivity contribution >= 4 is 16.8 Å². The first-order chi connectivity index (χ1) is 3.70. The van der Waals surface area contributed by atoms with Crippen LogP contribution in [0.4, 0.5) is 0 Å². The first-order valence-electron chi connectivity index (χ1n) is 2.64. The molecular weight excluding hydrogens is 120 g/mol. The lowest BCUT2D eigenvalue weighted by Gasteiger charge is -2.09. The molecule has 1 aliphatic rings. The molecule has 1 rings (SSSR count). The van der Waals surface area contributed by atoms with Crippen LogP contribution in [-0.2, 0) is 0 Å². The van der Waals surface area contributed by atoms with Gasteiger partial charge in [0.25, 0.3) is 0 Å². The summed E-state index contributed by atoms with van der Waals surface area (Å²) in [5, 5.41) is 8.54. The van der Waals surface area contributed by atoms with Gasteiger partial charge in [-0.15, -0.1) is 0 Å². The van der Waals surface area contributed by atoms with Crippen LogP contribution in [0.2, 0.25) is 0 Å². The van der Waals surface area contributed by atoms with Gasteiger partial charge in [0.15, 0.2) is 0 Å². The standard InChI is InChI=1S/C5H10N2S/c1-4-7(2)3-5(6)8-4/h4,6H,3H2,1-2H3. The van der Waals surface area contributed by atoms with Crippen molar-refractivity contribution in [1.29, 1.82) is 5.41 Å². The third-order valence-electron chi connectivity index (χ3n) is 1.33. The van der Waals surface area contributed by atoms with Crippen LogP contribution in [0.3, 0.4) is 0 Å². The van der Waals surface area contributed by atoms with Crippen molar-refractivity contribution in [2.24, 2.45) is 0 Å². The number of nitrogens with one attached hydrogen (secondary N) is 1. The number of hydrogen-bond donors (Lipinski definition) is 1. The summed E-state index contributed by atoms with van der Waals surface area (Å²) in [5.41, 5.74) is 0. The Morgan fingerprint density at radius 3 is 2.62 bits per heavy atom. The highest BCUT2D eigenvalue weighted by molar-refractivity contribution is 8.14. The zero-order valence-electron chi connectivity index (χ0n) is 5.14. The second kappa shape index (κ2) is 2.07. The Bertz CT molecular complexity index is 101. The minimum Gasteiger partial charge on any atom is -0.297 e. The lowest BCUT2D eigenvalue weighted by Crippen LogP contribution is -2.20. The van der Waals surface area contributed by atoms with E-state index in [1.165, 1.54) is 0 Å². The van der Waals surface area contributed by atoms with E-state index in [1.54, 1.807) is 11.8 Å². The first-order valence-corrected chi connectivity index (χ1v) is 3.52. The van der Waals surface area contributed by atoms with Crippen LogP contribution >= 0.6 is 11.8 Å². The van der Waals surface area contributed by atoms with E-state index in [1.807, 2.05) is 7.05 Å². The molecule has 0 aliphatic carbocycles. The number of rotatable bonds is 0. The fourth-order valence-corrected chi connectivity index (χ4v) is 1.63. The van der Waals surface area contributed by atoms with Crippen LogP contribution in [-0.4, -0.2) is 28.9 Å². The quantitative estimate of drug-likeness (QED) is 0.529. The van der Waals surface area contributed by atoms with Gasteiger partial charge < -0.3 is 0 Å². The van der Waals surface area contributed by atoms with Crippen LogP contribution in [0.25, 0.3) is 0 Å². The molecule has 1 heterocycles. The molecule has 0 bridgehead atoms. The van der Waals surface area contributed by atoms with E-state index in [9.17, 15) is 0 Å². The van der Waals surface area contributed by atoms with Gasteiger partial charge in [-0.3, -0.25) is 10.3 Å². The molecule has 0 aromatic heterocycles. The van der Waals surface area contributed by atoms with Crippen molar-refractivity contribution in [3.8, 4) is 0 Å². The number of thioether (sulfide) groups is 1. The van der Waals surface area contributed by atoms with Crippen LogP contribution in [0, 0.1) is 5.41 Å². The second-order valence-corrected chi connectivity index (χ2v) is 3.47. The minimum absolute atomic E-state index is 0.516. The first kappa shape index (κ1) is 6.11. The summed E-state index contributed by atoms with van der Waals surface area (Å²) in [7, 11) is 2.04. The van der Waals surface area contributed by atoms with E-state index < -0.39 is 0 Å². The highest BCUT2D eigenvalue weighted by atomic mass is 32.2. The van der Waals surface area contributed by atoms with Crippen molar-refractivity contribution in [2.45, 2.75) is 12.3 Å². The third kappa shape index (κ3) is 1.03. The van der Waals surface area contributed by atoms with Gasteiger partial charge in [-0.25, -0.2) is 0 Å². The van der Waals surface area contributed by atoms with Gasteiger partial charge in [-0.2, -0.15) is 0 Å². The summed E-state index contributed by atoms with van der Waals surface area (Å²) in [4.78, 5) is 2.16. The van der Waals surface area contributed by atoms with E-state index in [0.717, 1.165) is 11.6 Å². The van der Waals surface area contributed by atoms with Gasteiger partial charge in [0.2, 0.25) is 0 Å². The van der Waals surface area contributed by atoms with Crippen molar-refractivity contribution in [3.63, 3.8) is 0 Å². The van der Waals surface area contributed by atoms with E-state index in [0.29, 0.717) is 5.37 Å². The van der Waals surface area contributed by atoms with Crippen LogP contribution in [0.15, 0.2) is 0 Å². The summed E-state index contributed by atoms with van der Waals surface area (Å²) in [5.74, 6) is 0. The zero-order chi connectivity index (χ0) is 6.15. The van der Waals surface area contributed by atoms with Gasteiger partial charge in [0.05, 0.1) is 10.4 Å². The SMILES string of the molecule is CC1SC(=N)CN1C. The Morgan fingerprint density at radius 1 is 1.88 bits per heavy atom. The lowest BCUT2D eigenvalue weighted by atomic mass is 10.6. The average molecular weight is 130 g/mol. The predicted molar refractivity (Wildman–Crippen MR) is 37.4 cm³/mol. The zero-order valence-corrected chi connectivity index (χ0v) is 5.96. The summed E-state index contributed by atoms with van der Waals surface area (Å²) < 4.78 is 0. The molecule has 1 aliphatic heterocycles. The lowest BCUT2D eigenvalue weighted by molar-refractivity contribution is 0.387. The molecule has 0 aromatic rings. The van der Waals surface area contributed by atoms with Crippen LogP contribution in [0.1, 0.15) is 6.92 Å². The maximum absolute atomic E-state index is 7.23. The van der Waals surface area contributed by atoms with Gasteiger partial charge >= 0.3 is 0 Å². The third-order valence-corrected chi connectivity index (χ3v) is 2.44. The maximum Gasteiger partial charge on any atom is 0.0797 e. The molecule has 0 aromatic carbocycles. The Kier molecular flexibility index (Phi) is 1.58. The predicted octanol–water partition coefficient (Wildman–Crippen LogP) is 0.988. The molecule has 2 nitrogen and oxygen atoms in total. The summed E-state index contributed by atoms with van der Waals surface area (Å²) >= 11 is 1.64. The summed E-state index contributed by atoms with van der Waals surface area (Å²) in [6.07, 6.45) is 0. The Balaban J connectivity index is 2.51. The highest BCUT2D eigenvalue weighted by Gasteiger charge is 2.20. The highest BCUT2D eigenvalue weighted by Crippen LogP contribution is 2.22. The van der Waals surface area contributed by atoms with Crippen molar-refractivity contribution in [2.75, 3.05) is 13.6 Å². The molecule has 0 amide bonds. The molecular formula is C5H10N2S. The van der Waals surface area contributed by atoms with Crippen molar-refractivity contribution in [1.82, 2.24) is 4.90 Å². The van der Waals surface area contributed by atoms with Gasteiger partial charge in [-0.05, 0) is 14.0 Å². The molecule has 1 fully saturated rings. The largest absolute Gasteiger partial charge is 0.297 e. The molecule has 1 saturated heterocycles. The summed E-state index contributed by atoms with van der Waals surface area (Å²) in [6.45, 7) is 2.96. The fourth-order valence-electron chi connectivity index (χ4n) is 0.688. The average Bonchev–Trinajstić information content (AvgIpc) is 1.85. The van der Waals surface area contributed by atoms with E-state index in [-0.39, 0.29) is 0 Å². The Labute approximate surface area is 53.8 Å². The van der Waals surface area contributed by atoms with Crippen LogP contribution in [0.5, 0.6) is 0 Å². The minimum atomic E-state index is 0.516. The van der Waals surface area contributed by atoms with E-state index in [4.69, 9.17) is 5.41 Å². The molecule has 8 heavy (non-hydrogen) atoms. The Morgan fingerprint density at radius 2 is 2.50 bits per heavy atom. The van der Waals surface area contributed by atoms with Crippen molar-refractivity contribution in [3.05, 3.63) is 0 Å². The molecule has 0 saturated carbocycles. The topological polar surface area (TPSA) is 27.1 Å². The van der Waals surface area contributed by atoms with Gasteiger partial charge in [0, 0.05) is 6.54 Å². The molecule has 46 valence electrons. The Hall–Kier alpha value is -0.0200. The molecule has 1 unspecified atom stereocenters. The van der Waals surface area contributed by atoms with Crippen LogP contribution < -0.4 is 0 Å². The van der Waals surface area contributed by atoms with Gasteiger partial charge in [0.1, 0.15) is 0 Å². The number of nitrogens with zero attached hydrogens (tertiary/aromatic N) is 1. The fraction of sp³-hybridized carbons (Fsp3) is 0.800. The van der Waals surface area contributed by atoms with Gasteiger partial charge in [-0.1, -0.05) is 11.8 Å². The van der Waals surface area contributed by atoms with Crippen molar-refractivity contribution < 1.29 is 0 Å². The monoisotopic (exact) mass is 130 g/mol. The summed E-state index contributed by atoms with van der Waals surface area (Å²) in [6, 6.07) is 0. The normalized spacial score (nSPS) is 31.8. The molecule has 1 N–H and O–H groups in total. The molecule has 1 atom stereocenters. The van der Waals surface area contributed by atoms with E-state index in [2.05, 4.69) is 11.8 Å².